The van der Waals surface area contributed by atoms with Crippen molar-refractivity contribution >= 4 is 11.7 Å². The molecule has 1 aliphatic rings. The summed E-state index contributed by atoms with van der Waals surface area (Å²) in [6.45, 7) is 2.07. The van der Waals surface area contributed by atoms with Crippen molar-refractivity contribution in [3.05, 3.63) is 29.3 Å². The highest BCUT2D eigenvalue weighted by molar-refractivity contribution is 5.88. The van der Waals surface area contributed by atoms with Crippen LogP contribution in [0, 0.1) is 17.6 Å². The first-order valence-electron chi connectivity index (χ1n) is 5.46. The lowest BCUT2D eigenvalue weighted by atomic mass is 9.82. The molecule has 0 bridgehead atoms. The van der Waals surface area contributed by atoms with Crippen molar-refractivity contribution in [2.24, 2.45) is 5.92 Å². The summed E-state index contributed by atoms with van der Waals surface area (Å²) in [6.07, 6.45) is 1.75. The summed E-state index contributed by atoms with van der Waals surface area (Å²) in [5.41, 5.74) is -0.612. The minimum absolute atomic E-state index is 0.0738. The average Bonchev–Trinajstić information content (AvgIpc) is 2.19. The summed E-state index contributed by atoms with van der Waals surface area (Å²) in [5, 5.41) is 11.4. The van der Waals surface area contributed by atoms with E-state index in [-0.39, 0.29) is 17.3 Å². The molecule has 1 fully saturated rings. The summed E-state index contributed by atoms with van der Waals surface area (Å²) in [4.78, 5) is 10.6. The van der Waals surface area contributed by atoms with Crippen LogP contribution in [0.2, 0.25) is 0 Å². The first kappa shape index (κ1) is 11.8. The SMILES string of the molecule is CC1CC(Nc2c(F)cc(C(=O)O)cc2F)C1. The molecule has 0 spiro atoms. The van der Waals surface area contributed by atoms with E-state index >= 15 is 0 Å². The predicted molar refractivity (Wildman–Crippen MR) is 59.1 cm³/mol. The van der Waals surface area contributed by atoms with Gasteiger partial charge in [-0.3, -0.25) is 0 Å². The van der Waals surface area contributed by atoms with Gasteiger partial charge < -0.3 is 10.4 Å². The first-order chi connectivity index (χ1) is 7.97. The third-order valence-electron chi connectivity index (χ3n) is 3.01. The maximum Gasteiger partial charge on any atom is 0.335 e. The molecule has 5 heteroatoms. The molecule has 0 atom stereocenters. The van der Waals surface area contributed by atoms with E-state index in [1.54, 1.807) is 0 Å². The molecule has 0 heterocycles. The van der Waals surface area contributed by atoms with E-state index in [1.165, 1.54) is 0 Å². The van der Waals surface area contributed by atoms with Gasteiger partial charge in [-0.25, -0.2) is 13.6 Å². The minimum Gasteiger partial charge on any atom is -0.478 e. The fraction of sp³-hybridized carbons (Fsp3) is 0.417. The van der Waals surface area contributed by atoms with Crippen LogP contribution in [-0.4, -0.2) is 17.1 Å². The van der Waals surface area contributed by atoms with Crippen LogP contribution in [0.4, 0.5) is 14.5 Å². The highest BCUT2D eigenvalue weighted by atomic mass is 19.1. The highest BCUT2D eigenvalue weighted by Gasteiger charge is 2.27. The number of hydrogen-bond donors (Lipinski definition) is 2. The molecule has 0 unspecified atom stereocenters. The third-order valence-corrected chi connectivity index (χ3v) is 3.01. The third kappa shape index (κ3) is 2.38. The monoisotopic (exact) mass is 241 g/mol. The molecule has 1 aromatic carbocycles. The molecular formula is C12H13F2NO2. The zero-order valence-electron chi connectivity index (χ0n) is 9.34. The van der Waals surface area contributed by atoms with Gasteiger partial charge in [0.2, 0.25) is 0 Å². The number of anilines is 1. The van der Waals surface area contributed by atoms with E-state index in [4.69, 9.17) is 5.11 Å². The molecule has 17 heavy (non-hydrogen) atoms. The van der Waals surface area contributed by atoms with Crippen LogP contribution in [0.1, 0.15) is 30.1 Å². The van der Waals surface area contributed by atoms with Crippen LogP contribution in [0.25, 0.3) is 0 Å². The normalized spacial score (nSPS) is 23.0. The largest absolute Gasteiger partial charge is 0.478 e. The van der Waals surface area contributed by atoms with E-state index in [0.717, 1.165) is 25.0 Å². The van der Waals surface area contributed by atoms with Crippen molar-refractivity contribution in [1.82, 2.24) is 0 Å². The Hall–Kier alpha value is -1.65. The zero-order valence-corrected chi connectivity index (χ0v) is 9.34. The van der Waals surface area contributed by atoms with Gasteiger partial charge in [0, 0.05) is 6.04 Å². The van der Waals surface area contributed by atoms with Gasteiger partial charge in [-0.15, -0.1) is 0 Å². The van der Waals surface area contributed by atoms with Crippen LogP contribution in [-0.2, 0) is 0 Å². The van der Waals surface area contributed by atoms with E-state index in [2.05, 4.69) is 12.2 Å². The number of halogens is 2. The Kier molecular flexibility index (Phi) is 3.00. The highest BCUT2D eigenvalue weighted by Crippen LogP contribution is 2.31. The van der Waals surface area contributed by atoms with Gasteiger partial charge in [0.05, 0.1) is 5.56 Å². The van der Waals surface area contributed by atoms with E-state index < -0.39 is 17.6 Å². The van der Waals surface area contributed by atoms with Crippen LogP contribution in [0.15, 0.2) is 12.1 Å². The maximum absolute atomic E-state index is 13.5. The predicted octanol–water partition coefficient (Wildman–Crippen LogP) is 2.87. The van der Waals surface area contributed by atoms with Gasteiger partial charge in [-0.1, -0.05) is 6.92 Å². The Morgan fingerprint density at radius 1 is 1.35 bits per heavy atom. The molecule has 0 aromatic heterocycles. The van der Waals surface area contributed by atoms with Crippen LogP contribution in [0.3, 0.4) is 0 Å². The molecule has 1 aliphatic carbocycles. The van der Waals surface area contributed by atoms with Crippen molar-refractivity contribution in [2.75, 3.05) is 5.32 Å². The second-order valence-electron chi connectivity index (χ2n) is 4.54. The molecule has 2 rings (SSSR count). The summed E-state index contributed by atoms with van der Waals surface area (Å²) in [6, 6.07) is 1.73. The summed E-state index contributed by atoms with van der Waals surface area (Å²) in [7, 11) is 0. The standard InChI is InChI=1S/C12H13F2NO2/c1-6-2-8(3-6)15-11-9(13)4-7(12(16)17)5-10(11)14/h4-6,8,15H,2-3H2,1H3,(H,16,17). The molecule has 0 amide bonds. The molecule has 3 nitrogen and oxygen atoms in total. The molecule has 92 valence electrons. The number of aromatic carboxylic acids is 1. The fourth-order valence-corrected chi connectivity index (χ4v) is 2.06. The van der Waals surface area contributed by atoms with Crippen LogP contribution >= 0.6 is 0 Å². The second-order valence-corrected chi connectivity index (χ2v) is 4.54. The first-order valence-corrected chi connectivity index (χ1v) is 5.46. The summed E-state index contributed by atoms with van der Waals surface area (Å²) < 4.78 is 27.0. The zero-order chi connectivity index (χ0) is 12.6. The molecule has 2 N–H and O–H groups in total. The number of benzene rings is 1. The second kappa shape index (κ2) is 4.31. The maximum atomic E-state index is 13.5. The summed E-state index contributed by atoms with van der Waals surface area (Å²) in [5.74, 6) is -2.49. The lowest BCUT2D eigenvalue weighted by Crippen LogP contribution is -2.34. The van der Waals surface area contributed by atoms with E-state index in [9.17, 15) is 13.6 Å². The summed E-state index contributed by atoms with van der Waals surface area (Å²) >= 11 is 0. The number of carboxylic acids is 1. The van der Waals surface area contributed by atoms with E-state index in [0.29, 0.717) is 5.92 Å². The van der Waals surface area contributed by atoms with Crippen molar-refractivity contribution in [3.63, 3.8) is 0 Å². The van der Waals surface area contributed by atoms with Crippen LogP contribution < -0.4 is 5.32 Å². The molecule has 0 saturated heterocycles. The van der Waals surface area contributed by atoms with Crippen molar-refractivity contribution in [2.45, 2.75) is 25.8 Å². The number of carboxylic acid groups (broad SMARTS) is 1. The number of hydrogen-bond acceptors (Lipinski definition) is 2. The Morgan fingerprint density at radius 2 is 1.88 bits per heavy atom. The van der Waals surface area contributed by atoms with Gasteiger partial charge >= 0.3 is 5.97 Å². The lowest BCUT2D eigenvalue weighted by Gasteiger charge is -2.34. The van der Waals surface area contributed by atoms with Gasteiger partial charge in [0.25, 0.3) is 0 Å². The van der Waals surface area contributed by atoms with E-state index in [1.807, 2.05) is 0 Å². The topological polar surface area (TPSA) is 49.3 Å². The molecule has 1 aromatic rings. The molecule has 1 saturated carbocycles. The van der Waals surface area contributed by atoms with Gasteiger partial charge in [0.1, 0.15) is 17.3 Å². The number of carbonyl (C=O) groups is 1. The van der Waals surface area contributed by atoms with Gasteiger partial charge in [0.15, 0.2) is 0 Å². The van der Waals surface area contributed by atoms with Crippen molar-refractivity contribution < 1.29 is 18.7 Å². The minimum atomic E-state index is -1.34. The number of nitrogens with one attached hydrogen (secondary N) is 1. The smallest absolute Gasteiger partial charge is 0.335 e. The lowest BCUT2D eigenvalue weighted by molar-refractivity contribution is 0.0696. The Morgan fingerprint density at radius 3 is 2.29 bits per heavy atom. The van der Waals surface area contributed by atoms with Gasteiger partial charge in [-0.05, 0) is 30.9 Å². The average molecular weight is 241 g/mol. The van der Waals surface area contributed by atoms with Crippen molar-refractivity contribution in [1.29, 1.82) is 0 Å². The Bertz CT molecular complexity index is 433. The quantitative estimate of drug-likeness (QED) is 0.855. The molecule has 0 radical (unpaired) electrons. The fourth-order valence-electron chi connectivity index (χ4n) is 2.06. The molecule has 0 aliphatic heterocycles. The molecular weight excluding hydrogens is 228 g/mol. The van der Waals surface area contributed by atoms with Gasteiger partial charge in [-0.2, -0.15) is 0 Å². The number of rotatable bonds is 3. The van der Waals surface area contributed by atoms with Crippen LogP contribution in [0.5, 0.6) is 0 Å². The Labute approximate surface area is 97.5 Å². The van der Waals surface area contributed by atoms with Crippen molar-refractivity contribution in [3.8, 4) is 0 Å². The Balaban J connectivity index is 2.20.